The van der Waals surface area contributed by atoms with Crippen molar-refractivity contribution in [2.24, 2.45) is 4.99 Å². The summed E-state index contributed by atoms with van der Waals surface area (Å²) in [4.78, 5) is 26.7. The summed E-state index contributed by atoms with van der Waals surface area (Å²) in [5, 5.41) is 10.8. The molecule has 0 N–H and O–H groups in total. The van der Waals surface area contributed by atoms with Crippen LogP contribution in [0.25, 0.3) is 6.08 Å². The molecule has 0 amide bonds. The molecule has 0 saturated carbocycles. The number of carbonyl (C=O) groups is 1. The van der Waals surface area contributed by atoms with Crippen molar-refractivity contribution in [1.82, 2.24) is 0 Å². The van der Waals surface area contributed by atoms with E-state index in [0.29, 0.717) is 22.6 Å². The second-order valence-electron chi connectivity index (χ2n) is 6.34. The maximum Gasteiger partial charge on any atom is 0.363 e. The fourth-order valence-electron chi connectivity index (χ4n) is 2.59. The van der Waals surface area contributed by atoms with Gasteiger partial charge in [0.05, 0.1) is 21.7 Å². The lowest BCUT2D eigenvalue weighted by Gasteiger charge is -2.15. The third-order valence-electron chi connectivity index (χ3n) is 3.85. The van der Waals surface area contributed by atoms with Crippen LogP contribution in [0.5, 0.6) is 11.5 Å². The zero-order chi connectivity index (χ0) is 21.1. The predicted molar refractivity (Wildman–Crippen MR) is 115 cm³/mol. The van der Waals surface area contributed by atoms with Crippen LogP contribution in [-0.2, 0) is 9.53 Å². The minimum absolute atomic E-state index is 0.0136. The zero-order valence-electron chi connectivity index (χ0n) is 15.8. The van der Waals surface area contributed by atoms with Crippen LogP contribution in [-0.4, -0.2) is 30.0 Å². The van der Waals surface area contributed by atoms with Crippen LogP contribution in [0.1, 0.15) is 25.0 Å². The molecule has 0 aliphatic carbocycles. The maximum atomic E-state index is 12.2. The van der Waals surface area contributed by atoms with Crippen molar-refractivity contribution in [3.05, 3.63) is 66.9 Å². The lowest BCUT2D eigenvalue weighted by molar-refractivity contribution is -0.384. The molecule has 0 aromatic heterocycles. The third-order valence-corrected chi connectivity index (χ3v) is 4.66. The zero-order valence-corrected chi connectivity index (χ0v) is 18.0. The molecule has 29 heavy (non-hydrogen) atoms. The molecule has 0 radical (unpaired) electrons. The Hall–Kier alpha value is -2.95. The van der Waals surface area contributed by atoms with Gasteiger partial charge in [-0.2, -0.15) is 0 Å². The van der Waals surface area contributed by atoms with Crippen LogP contribution in [0.15, 0.2) is 47.1 Å². The Balaban J connectivity index is 1.92. The second kappa shape index (κ2) is 8.60. The Morgan fingerprint density at radius 2 is 1.93 bits per heavy atom. The van der Waals surface area contributed by atoms with E-state index in [4.69, 9.17) is 14.2 Å². The highest BCUT2D eigenvalue weighted by atomic mass is 127. The van der Waals surface area contributed by atoms with E-state index in [-0.39, 0.29) is 23.4 Å². The van der Waals surface area contributed by atoms with E-state index in [9.17, 15) is 14.9 Å². The number of aliphatic imine (C=N–C) groups is 1. The molecular weight excluding hydrogens is 491 g/mol. The third kappa shape index (κ3) is 4.73. The van der Waals surface area contributed by atoms with Crippen molar-refractivity contribution < 1.29 is 23.9 Å². The summed E-state index contributed by atoms with van der Waals surface area (Å²) < 4.78 is 17.2. The Labute approximate surface area is 180 Å². The summed E-state index contributed by atoms with van der Waals surface area (Å²) >= 11 is 2.14. The molecule has 2 aromatic rings. The van der Waals surface area contributed by atoms with Crippen molar-refractivity contribution in [2.75, 3.05) is 7.11 Å². The minimum atomic E-state index is -0.602. The van der Waals surface area contributed by atoms with Gasteiger partial charge in [-0.3, -0.25) is 10.1 Å². The summed E-state index contributed by atoms with van der Waals surface area (Å²) in [5.41, 5.74) is 1.23. The molecule has 3 rings (SSSR count). The molecule has 0 bridgehead atoms. The van der Waals surface area contributed by atoms with Gasteiger partial charge in [0, 0.05) is 17.7 Å². The molecule has 9 heteroatoms. The number of non-ortho nitro benzene ring substituents is 1. The summed E-state index contributed by atoms with van der Waals surface area (Å²) in [6.07, 6.45) is 1.57. The molecule has 0 fully saturated rings. The standard InChI is InChI=1S/C20H17IN2O6/c1-11(2)28-18-15(21)8-12(10-17(18)27-3)9-16-20(24)29-19(22-16)13-4-6-14(7-5-13)23(25)26/h4-11H,1-3H3/b16-9-. The summed E-state index contributed by atoms with van der Waals surface area (Å²) in [5.74, 6) is 0.671. The number of methoxy groups -OCH3 is 1. The highest BCUT2D eigenvalue weighted by Gasteiger charge is 2.25. The normalized spacial score (nSPS) is 14.7. The summed E-state index contributed by atoms with van der Waals surface area (Å²) in [6, 6.07) is 9.22. The van der Waals surface area contributed by atoms with E-state index in [2.05, 4.69) is 27.6 Å². The van der Waals surface area contributed by atoms with Crippen molar-refractivity contribution in [1.29, 1.82) is 0 Å². The van der Waals surface area contributed by atoms with Crippen molar-refractivity contribution in [3.8, 4) is 11.5 Å². The number of halogens is 1. The van der Waals surface area contributed by atoms with Crippen LogP contribution in [0.3, 0.4) is 0 Å². The number of cyclic esters (lactones) is 1. The van der Waals surface area contributed by atoms with E-state index >= 15 is 0 Å². The number of hydrogen-bond donors (Lipinski definition) is 0. The molecule has 0 saturated heterocycles. The van der Waals surface area contributed by atoms with Gasteiger partial charge < -0.3 is 14.2 Å². The number of benzene rings is 2. The molecule has 150 valence electrons. The van der Waals surface area contributed by atoms with Crippen LogP contribution >= 0.6 is 22.6 Å². The average Bonchev–Trinajstić information content (AvgIpc) is 3.04. The lowest BCUT2D eigenvalue weighted by Crippen LogP contribution is -2.08. The molecule has 8 nitrogen and oxygen atoms in total. The number of nitro benzene ring substituents is 1. The SMILES string of the molecule is COc1cc(/C=C2\N=C(c3ccc([N+](=O)[O-])cc3)OC2=O)cc(I)c1OC(C)C. The number of esters is 1. The lowest BCUT2D eigenvalue weighted by atomic mass is 10.1. The minimum Gasteiger partial charge on any atom is -0.493 e. The first-order valence-electron chi connectivity index (χ1n) is 8.60. The Morgan fingerprint density at radius 3 is 2.52 bits per heavy atom. The topological polar surface area (TPSA) is 100 Å². The Morgan fingerprint density at radius 1 is 1.24 bits per heavy atom. The van der Waals surface area contributed by atoms with Gasteiger partial charge in [0.2, 0.25) is 5.90 Å². The second-order valence-corrected chi connectivity index (χ2v) is 7.50. The quantitative estimate of drug-likeness (QED) is 0.189. The smallest absolute Gasteiger partial charge is 0.363 e. The van der Waals surface area contributed by atoms with Gasteiger partial charge in [-0.1, -0.05) is 0 Å². The Bertz CT molecular complexity index is 1030. The number of nitro groups is 1. The molecule has 0 unspecified atom stereocenters. The molecule has 2 aromatic carbocycles. The van der Waals surface area contributed by atoms with Crippen molar-refractivity contribution in [3.63, 3.8) is 0 Å². The number of hydrogen-bond acceptors (Lipinski definition) is 7. The monoisotopic (exact) mass is 508 g/mol. The largest absolute Gasteiger partial charge is 0.493 e. The maximum absolute atomic E-state index is 12.2. The van der Waals surface area contributed by atoms with Crippen molar-refractivity contribution >= 4 is 46.2 Å². The molecule has 0 spiro atoms. The number of carbonyl (C=O) groups excluding carboxylic acids is 1. The van der Waals surface area contributed by atoms with Crippen LogP contribution < -0.4 is 9.47 Å². The molecule has 1 aliphatic heterocycles. The number of nitrogens with zero attached hydrogens (tertiary/aromatic N) is 2. The highest BCUT2D eigenvalue weighted by molar-refractivity contribution is 14.1. The average molecular weight is 508 g/mol. The number of rotatable bonds is 6. The molecular formula is C20H17IN2O6. The highest BCUT2D eigenvalue weighted by Crippen LogP contribution is 2.35. The van der Waals surface area contributed by atoms with E-state index in [0.717, 1.165) is 3.57 Å². The van der Waals surface area contributed by atoms with Gasteiger partial charge in [0.25, 0.3) is 5.69 Å². The fourth-order valence-corrected chi connectivity index (χ4v) is 3.34. The Kier molecular flexibility index (Phi) is 6.16. The molecule has 0 atom stereocenters. The fraction of sp³-hybridized carbons (Fsp3) is 0.200. The van der Waals surface area contributed by atoms with E-state index in [1.165, 1.54) is 24.3 Å². The van der Waals surface area contributed by atoms with E-state index in [1.54, 1.807) is 19.3 Å². The van der Waals surface area contributed by atoms with Crippen LogP contribution in [0.2, 0.25) is 0 Å². The van der Waals surface area contributed by atoms with Gasteiger partial charge in [-0.05, 0) is 72.3 Å². The summed E-state index contributed by atoms with van der Waals surface area (Å²) in [7, 11) is 1.55. The van der Waals surface area contributed by atoms with Gasteiger partial charge in [0.15, 0.2) is 17.2 Å². The van der Waals surface area contributed by atoms with Gasteiger partial charge in [-0.25, -0.2) is 9.79 Å². The van der Waals surface area contributed by atoms with Crippen LogP contribution in [0.4, 0.5) is 5.69 Å². The van der Waals surface area contributed by atoms with Gasteiger partial charge in [-0.15, -0.1) is 0 Å². The first-order chi connectivity index (χ1) is 13.8. The molecule has 1 aliphatic rings. The van der Waals surface area contributed by atoms with Gasteiger partial charge in [0.1, 0.15) is 0 Å². The molecule has 1 heterocycles. The van der Waals surface area contributed by atoms with Gasteiger partial charge >= 0.3 is 5.97 Å². The summed E-state index contributed by atoms with van der Waals surface area (Å²) in [6.45, 7) is 3.85. The van der Waals surface area contributed by atoms with E-state index < -0.39 is 10.9 Å². The number of ether oxygens (including phenoxy) is 3. The van der Waals surface area contributed by atoms with E-state index in [1.807, 2.05) is 19.9 Å². The predicted octanol–water partition coefficient (Wildman–Crippen LogP) is 4.34. The first kappa shape index (κ1) is 20.8. The van der Waals surface area contributed by atoms with Crippen molar-refractivity contribution in [2.45, 2.75) is 20.0 Å². The van der Waals surface area contributed by atoms with Crippen LogP contribution in [0, 0.1) is 13.7 Å². The first-order valence-corrected chi connectivity index (χ1v) is 9.68.